The van der Waals surface area contributed by atoms with E-state index in [1.54, 1.807) is 6.07 Å². The number of hydrogen-bond donors (Lipinski definition) is 0. The molecule has 1 aliphatic rings. The van der Waals surface area contributed by atoms with Gasteiger partial charge >= 0.3 is 0 Å². The van der Waals surface area contributed by atoms with E-state index in [-0.39, 0.29) is 4.21 Å². The minimum absolute atomic E-state index is 0.273. The maximum atomic E-state index is 12.3. The van der Waals surface area contributed by atoms with Gasteiger partial charge in [0, 0.05) is 13.1 Å². The summed E-state index contributed by atoms with van der Waals surface area (Å²) in [5.74, 6) is 0.778. The Labute approximate surface area is 106 Å². The van der Waals surface area contributed by atoms with Crippen LogP contribution in [0.25, 0.3) is 0 Å². The molecule has 0 N–H and O–H groups in total. The fourth-order valence-electron chi connectivity index (χ4n) is 1.92. The molecule has 2 unspecified atom stereocenters. The second-order valence-corrected chi connectivity index (χ2v) is 7.76. The number of rotatable bonds is 2. The van der Waals surface area contributed by atoms with Crippen LogP contribution in [0.5, 0.6) is 0 Å². The number of nitriles is 1. The SMILES string of the molecule is CC1CN(S(=O)(=O)c2ccc(C#N)s2)CC1C. The predicted octanol–water partition coefficient (Wildman–Crippen LogP) is 1.90. The minimum Gasteiger partial charge on any atom is -0.206 e. The molecule has 0 spiro atoms. The van der Waals surface area contributed by atoms with E-state index >= 15 is 0 Å². The van der Waals surface area contributed by atoms with Crippen LogP contribution in [-0.4, -0.2) is 25.8 Å². The van der Waals surface area contributed by atoms with Crippen LogP contribution in [0.3, 0.4) is 0 Å². The second kappa shape index (κ2) is 4.41. The first-order valence-electron chi connectivity index (χ1n) is 5.45. The highest BCUT2D eigenvalue weighted by atomic mass is 32.2. The molecule has 92 valence electrons. The van der Waals surface area contributed by atoms with Crippen molar-refractivity contribution in [3.05, 3.63) is 17.0 Å². The Hall–Kier alpha value is -0.900. The van der Waals surface area contributed by atoms with Crippen LogP contribution in [0.1, 0.15) is 18.7 Å². The average molecular weight is 270 g/mol. The lowest BCUT2D eigenvalue weighted by atomic mass is 10.0. The van der Waals surface area contributed by atoms with Crippen molar-refractivity contribution in [2.45, 2.75) is 18.1 Å². The van der Waals surface area contributed by atoms with Crippen LogP contribution in [0.2, 0.25) is 0 Å². The van der Waals surface area contributed by atoms with Gasteiger partial charge < -0.3 is 0 Å². The standard InChI is InChI=1S/C11H14N2O2S2/c1-8-6-13(7-9(8)2)17(14,15)11-4-3-10(5-12)16-11/h3-4,8-9H,6-7H2,1-2H3. The molecule has 0 bridgehead atoms. The first-order valence-corrected chi connectivity index (χ1v) is 7.71. The van der Waals surface area contributed by atoms with Crippen molar-refractivity contribution in [2.24, 2.45) is 11.8 Å². The van der Waals surface area contributed by atoms with Crippen molar-refractivity contribution in [3.63, 3.8) is 0 Å². The Balaban J connectivity index is 2.29. The molecular formula is C11H14N2O2S2. The van der Waals surface area contributed by atoms with Gasteiger partial charge in [-0.2, -0.15) is 9.57 Å². The zero-order valence-electron chi connectivity index (χ0n) is 9.75. The summed E-state index contributed by atoms with van der Waals surface area (Å²) < 4.78 is 26.4. The smallest absolute Gasteiger partial charge is 0.206 e. The third-order valence-electron chi connectivity index (χ3n) is 3.24. The molecule has 2 atom stereocenters. The molecule has 1 fully saturated rings. The Morgan fingerprint density at radius 3 is 2.41 bits per heavy atom. The largest absolute Gasteiger partial charge is 0.252 e. The third-order valence-corrected chi connectivity index (χ3v) is 6.53. The molecule has 2 rings (SSSR count). The summed E-state index contributed by atoms with van der Waals surface area (Å²) >= 11 is 1.04. The monoisotopic (exact) mass is 270 g/mol. The molecular weight excluding hydrogens is 256 g/mol. The van der Waals surface area contributed by atoms with Crippen molar-refractivity contribution < 1.29 is 8.42 Å². The molecule has 0 aliphatic carbocycles. The summed E-state index contributed by atoms with van der Waals surface area (Å²) in [6.07, 6.45) is 0. The molecule has 1 saturated heterocycles. The normalized spacial score (nSPS) is 25.9. The lowest BCUT2D eigenvalue weighted by molar-refractivity contribution is 0.465. The van der Waals surface area contributed by atoms with Gasteiger partial charge in [-0.1, -0.05) is 13.8 Å². The molecule has 0 aromatic carbocycles. The Morgan fingerprint density at radius 2 is 1.94 bits per heavy atom. The number of hydrogen-bond acceptors (Lipinski definition) is 4. The number of nitrogens with zero attached hydrogens (tertiary/aromatic N) is 2. The molecule has 1 aliphatic heterocycles. The van der Waals surface area contributed by atoms with E-state index in [2.05, 4.69) is 13.8 Å². The van der Waals surface area contributed by atoms with E-state index in [1.165, 1.54) is 10.4 Å². The summed E-state index contributed by atoms with van der Waals surface area (Å²) in [6.45, 7) is 5.28. The van der Waals surface area contributed by atoms with Crippen LogP contribution in [0.15, 0.2) is 16.3 Å². The molecule has 2 heterocycles. The van der Waals surface area contributed by atoms with E-state index in [0.717, 1.165) is 11.3 Å². The lowest BCUT2D eigenvalue weighted by Gasteiger charge is -2.14. The molecule has 1 aromatic rings. The molecule has 1 aromatic heterocycles. The average Bonchev–Trinajstić information content (AvgIpc) is 2.87. The minimum atomic E-state index is -3.39. The maximum Gasteiger partial charge on any atom is 0.252 e. The second-order valence-electron chi connectivity index (χ2n) is 4.51. The zero-order chi connectivity index (χ0) is 12.6. The predicted molar refractivity (Wildman–Crippen MR) is 66.1 cm³/mol. The van der Waals surface area contributed by atoms with Gasteiger partial charge in [0.2, 0.25) is 0 Å². The van der Waals surface area contributed by atoms with Crippen LogP contribution < -0.4 is 0 Å². The first-order chi connectivity index (χ1) is 7.95. The van der Waals surface area contributed by atoms with Crippen molar-refractivity contribution in [1.82, 2.24) is 4.31 Å². The van der Waals surface area contributed by atoms with E-state index in [0.29, 0.717) is 29.8 Å². The van der Waals surface area contributed by atoms with Crippen LogP contribution in [0, 0.1) is 23.2 Å². The fourth-order valence-corrected chi connectivity index (χ4v) is 4.82. The van der Waals surface area contributed by atoms with Crippen molar-refractivity contribution in [3.8, 4) is 6.07 Å². The summed E-state index contributed by atoms with van der Waals surface area (Å²) in [4.78, 5) is 0.434. The fraction of sp³-hybridized carbons (Fsp3) is 0.545. The van der Waals surface area contributed by atoms with Crippen molar-refractivity contribution in [1.29, 1.82) is 5.26 Å². The first kappa shape index (κ1) is 12.6. The highest BCUT2D eigenvalue weighted by molar-refractivity contribution is 7.91. The van der Waals surface area contributed by atoms with Gasteiger partial charge in [-0.15, -0.1) is 11.3 Å². The van der Waals surface area contributed by atoms with E-state index in [1.807, 2.05) is 6.07 Å². The number of sulfonamides is 1. The molecule has 6 heteroatoms. The molecule has 0 saturated carbocycles. The topological polar surface area (TPSA) is 61.2 Å². The molecule has 17 heavy (non-hydrogen) atoms. The van der Waals surface area contributed by atoms with Gasteiger partial charge in [-0.05, 0) is 24.0 Å². The quantitative estimate of drug-likeness (QED) is 0.824. The highest BCUT2D eigenvalue weighted by Gasteiger charge is 2.35. The Kier molecular flexibility index (Phi) is 3.25. The van der Waals surface area contributed by atoms with Crippen LogP contribution >= 0.6 is 11.3 Å². The molecule has 4 nitrogen and oxygen atoms in total. The molecule has 0 amide bonds. The maximum absolute atomic E-state index is 12.3. The van der Waals surface area contributed by atoms with E-state index < -0.39 is 10.0 Å². The van der Waals surface area contributed by atoms with Crippen molar-refractivity contribution in [2.75, 3.05) is 13.1 Å². The van der Waals surface area contributed by atoms with Crippen LogP contribution in [0.4, 0.5) is 0 Å². The summed E-state index contributed by atoms with van der Waals surface area (Å²) in [6, 6.07) is 5.04. The van der Waals surface area contributed by atoms with Gasteiger partial charge in [0.25, 0.3) is 10.0 Å². The summed E-state index contributed by atoms with van der Waals surface area (Å²) in [5.41, 5.74) is 0. The van der Waals surface area contributed by atoms with Crippen LogP contribution in [-0.2, 0) is 10.0 Å². The van der Waals surface area contributed by atoms with Gasteiger partial charge in [-0.25, -0.2) is 8.42 Å². The van der Waals surface area contributed by atoms with Gasteiger partial charge in [0.15, 0.2) is 0 Å². The van der Waals surface area contributed by atoms with Gasteiger partial charge in [-0.3, -0.25) is 0 Å². The van der Waals surface area contributed by atoms with Gasteiger partial charge in [0.1, 0.15) is 15.2 Å². The third kappa shape index (κ3) is 2.23. The zero-order valence-corrected chi connectivity index (χ0v) is 11.4. The van der Waals surface area contributed by atoms with Gasteiger partial charge in [0.05, 0.1) is 0 Å². The Morgan fingerprint density at radius 1 is 1.35 bits per heavy atom. The van der Waals surface area contributed by atoms with E-state index in [9.17, 15) is 8.42 Å². The molecule has 0 radical (unpaired) electrons. The summed E-state index contributed by atoms with van der Waals surface area (Å²) in [5, 5.41) is 8.72. The highest BCUT2D eigenvalue weighted by Crippen LogP contribution is 2.30. The van der Waals surface area contributed by atoms with Crippen molar-refractivity contribution >= 4 is 21.4 Å². The number of thiophene rings is 1. The Bertz CT molecular complexity index is 546. The van der Waals surface area contributed by atoms with E-state index in [4.69, 9.17) is 5.26 Å². The summed E-state index contributed by atoms with van der Waals surface area (Å²) in [7, 11) is -3.39. The lowest BCUT2D eigenvalue weighted by Crippen LogP contribution is -2.28.